The Morgan fingerprint density at radius 2 is 1.79 bits per heavy atom. The number of halogens is 1. The van der Waals surface area contributed by atoms with Crippen LogP contribution in [0.1, 0.15) is 11.6 Å². The minimum absolute atomic E-state index is 0.251. The number of hydrogen-bond acceptors (Lipinski definition) is 3. The van der Waals surface area contributed by atoms with E-state index in [1.807, 2.05) is 30.3 Å². The summed E-state index contributed by atoms with van der Waals surface area (Å²) >= 11 is 0. The Morgan fingerprint density at radius 3 is 2.42 bits per heavy atom. The molecule has 24 heavy (non-hydrogen) atoms. The van der Waals surface area contributed by atoms with Crippen molar-refractivity contribution >= 4 is 17.4 Å². The van der Waals surface area contributed by atoms with E-state index in [4.69, 9.17) is 0 Å². The smallest absolute Gasteiger partial charge is 0.251 e. The van der Waals surface area contributed by atoms with Crippen molar-refractivity contribution in [2.75, 3.05) is 10.6 Å². The molecule has 3 aromatic rings. The molecule has 6 heteroatoms. The molecule has 5 nitrogen and oxygen atoms in total. The van der Waals surface area contributed by atoms with E-state index >= 15 is 0 Å². The number of amides is 1. The average Bonchev–Trinajstić information content (AvgIpc) is 3.00. The van der Waals surface area contributed by atoms with Gasteiger partial charge in [-0.2, -0.15) is 5.10 Å². The SMILES string of the molecule is Cn1ccc(N[C@H](C(=O)Nc2ccc(F)cc2)c2ccccc2)n1. The van der Waals surface area contributed by atoms with Gasteiger partial charge in [-0.15, -0.1) is 0 Å². The zero-order valence-corrected chi connectivity index (χ0v) is 13.1. The van der Waals surface area contributed by atoms with E-state index in [1.54, 1.807) is 24.0 Å². The van der Waals surface area contributed by atoms with Crippen molar-refractivity contribution in [3.8, 4) is 0 Å². The quantitative estimate of drug-likeness (QED) is 0.757. The molecule has 0 fully saturated rings. The Morgan fingerprint density at radius 1 is 1.08 bits per heavy atom. The first kappa shape index (κ1) is 15.7. The summed E-state index contributed by atoms with van der Waals surface area (Å²) in [7, 11) is 1.81. The van der Waals surface area contributed by atoms with Crippen LogP contribution in [-0.4, -0.2) is 15.7 Å². The second-order valence-corrected chi connectivity index (χ2v) is 5.36. The molecule has 1 aromatic heterocycles. The molecule has 122 valence electrons. The largest absolute Gasteiger partial charge is 0.353 e. The zero-order chi connectivity index (χ0) is 16.9. The van der Waals surface area contributed by atoms with E-state index in [0.29, 0.717) is 11.5 Å². The van der Waals surface area contributed by atoms with Gasteiger partial charge in [0, 0.05) is 25.0 Å². The van der Waals surface area contributed by atoms with Crippen LogP contribution in [0.15, 0.2) is 66.9 Å². The Bertz CT molecular complexity index is 815. The van der Waals surface area contributed by atoms with Crippen LogP contribution in [0.25, 0.3) is 0 Å². The summed E-state index contributed by atoms with van der Waals surface area (Å²) in [6.45, 7) is 0. The second kappa shape index (κ2) is 6.95. The van der Waals surface area contributed by atoms with Gasteiger partial charge in [0.15, 0.2) is 0 Å². The van der Waals surface area contributed by atoms with Gasteiger partial charge in [-0.1, -0.05) is 30.3 Å². The first-order valence-corrected chi connectivity index (χ1v) is 7.49. The van der Waals surface area contributed by atoms with Gasteiger partial charge >= 0.3 is 0 Å². The molecule has 1 heterocycles. The van der Waals surface area contributed by atoms with Gasteiger partial charge in [0.05, 0.1) is 0 Å². The van der Waals surface area contributed by atoms with E-state index in [1.165, 1.54) is 24.3 Å². The van der Waals surface area contributed by atoms with Gasteiger partial charge in [-0.05, 0) is 29.8 Å². The highest BCUT2D eigenvalue weighted by Crippen LogP contribution is 2.20. The van der Waals surface area contributed by atoms with Crippen LogP contribution >= 0.6 is 0 Å². The lowest BCUT2D eigenvalue weighted by Crippen LogP contribution is -2.27. The van der Waals surface area contributed by atoms with E-state index in [2.05, 4.69) is 15.7 Å². The average molecular weight is 324 g/mol. The molecule has 0 aliphatic rings. The normalized spacial score (nSPS) is 11.8. The highest BCUT2D eigenvalue weighted by molar-refractivity contribution is 5.97. The number of benzene rings is 2. The number of rotatable bonds is 5. The summed E-state index contributed by atoms with van der Waals surface area (Å²) in [6.07, 6.45) is 1.79. The van der Waals surface area contributed by atoms with Crippen LogP contribution in [0.4, 0.5) is 15.9 Å². The third-order valence-electron chi connectivity index (χ3n) is 3.51. The standard InChI is InChI=1S/C18H17FN4O/c1-23-12-11-16(22-23)21-17(13-5-3-2-4-6-13)18(24)20-15-9-7-14(19)8-10-15/h2-12,17H,1H3,(H,20,24)(H,21,22)/t17-/m0/s1. The number of carbonyl (C=O) groups is 1. The maximum atomic E-state index is 13.0. The van der Waals surface area contributed by atoms with Gasteiger partial charge in [0.25, 0.3) is 5.91 Å². The number of carbonyl (C=O) groups excluding carboxylic acids is 1. The topological polar surface area (TPSA) is 59.0 Å². The maximum Gasteiger partial charge on any atom is 0.251 e. The first-order valence-electron chi connectivity index (χ1n) is 7.49. The van der Waals surface area contributed by atoms with Crippen molar-refractivity contribution < 1.29 is 9.18 Å². The van der Waals surface area contributed by atoms with Crippen LogP contribution in [0.5, 0.6) is 0 Å². The molecule has 3 rings (SSSR count). The van der Waals surface area contributed by atoms with E-state index in [0.717, 1.165) is 5.56 Å². The number of nitrogens with zero attached hydrogens (tertiary/aromatic N) is 2. The van der Waals surface area contributed by atoms with E-state index in [-0.39, 0.29) is 11.7 Å². The molecule has 1 amide bonds. The molecular weight excluding hydrogens is 307 g/mol. The molecule has 0 bridgehead atoms. The van der Waals surface area contributed by atoms with Crippen LogP contribution in [0.2, 0.25) is 0 Å². The van der Waals surface area contributed by atoms with Crippen LogP contribution in [0, 0.1) is 5.82 Å². The van der Waals surface area contributed by atoms with Crippen LogP contribution in [0.3, 0.4) is 0 Å². The lowest BCUT2D eigenvalue weighted by Gasteiger charge is -2.18. The fourth-order valence-corrected chi connectivity index (χ4v) is 2.33. The lowest BCUT2D eigenvalue weighted by molar-refractivity contribution is -0.117. The van der Waals surface area contributed by atoms with Gasteiger partial charge in [-0.3, -0.25) is 9.48 Å². The highest BCUT2D eigenvalue weighted by Gasteiger charge is 2.21. The fourth-order valence-electron chi connectivity index (χ4n) is 2.33. The molecule has 1 atom stereocenters. The molecule has 2 N–H and O–H groups in total. The maximum absolute atomic E-state index is 13.0. The number of aromatic nitrogens is 2. The van der Waals surface area contributed by atoms with E-state index in [9.17, 15) is 9.18 Å². The zero-order valence-electron chi connectivity index (χ0n) is 13.1. The summed E-state index contributed by atoms with van der Waals surface area (Å²) in [5.41, 5.74) is 1.34. The molecule has 0 spiro atoms. The van der Waals surface area contributed by atoms with Gasteiger partial charge in [0.1, 0.15) is 17.7 Å². The molecule has 2 aromatic carbocycles. The van der Waals surface area contributed by atoms with E-state index < -0.39 is 6.04 Å². The highest BCUT2D eigenvalue weighted by atomic mass is 19.1. The van der Waals surface area contributed by atoms with Crippen LogP contribution in [-0.2, 0) is 11.8 Å². The van der Waals surface area contributed by atoms with Crippen molar-refractivity contribution in [2.24, 2.45) is 7.05 Å². The predicted octanol–water partition coefficient (Wildman–Crippen LogP) is 3.35. The second-order valence-electron chi connectivity index (χ2n) is 5.36. The van der Waals surface area contributed by atoms with Crippen molar-refractivity contribution in [1.29, 1.82) is 0 Å². The molecule has 0 saturated heterocycles. The van der Waals surface area contributed by atoms with Gasteiger partial charge in [-0.25, -0.2) is 4.39 Å². The summed E-state index contributed by atoms with van der Waals surface area (Å²) in [6, 6.07) is 16.2. The molecule has 0 aliphatic heterocycles. The minimum Gasteiger partial charge on any atom is -0.353 e. The number of aryl methyl sites for hydroxylation is 1. The van der Waals surface area contributed by atoms with Crippen molar-refractivity contribution in [1.82, 2.24) is 9.78 Å². The summed E-state index contributed by atoms with van der Waals surface area (Å²) < 4.78 is 14.7. The molecule has 0 saturated carbocycles. The van der Waals surface area contributed by atoms with Crippen molar-refractivity contribution in [3.63, 3.8) is 0 Å². The summed E-state index contributed by atoms with van der Waals surface area (Å²) in [5.74, 6) is -0.00158. The Balaban J connectivity index is 1.83. The molecule has 0 radical (unpaired) electrons. The Labute approximate surface area is 139 Å². The first-order chi connectivity index (χ1) is 11.6. The van der Waals surface area contributed by atoms with Gasteiger partial charge in [0.2, 0.25) is 0 Å². The van der Waals surface area contributed by atoms with Crippen molar-refractivity contribution in [2.45, 2.75) is 6.04 Å². The summed E-state index contributed by atoms with van der Waals surface area (Å²) in [5, 5.41) is 10.2. The van der Waals surface area contributed by atoms with Crippen molar-refractivity contribution in [3.05, 3.63) is 78.2 Å². The fraction of sp³-hybridized carbons (Fsp3) is 0.111. The predicted molar refractivity (Wildman–Crippen MR) is 91.0 cm³/mol. The Kier molecular flexibility index (Phi) is 4.56. The molecule has 0 aliphatic carbocycles. The number of nitrogens with one attached hydrogen (secondary N) is 2. The molecule has 0 unspecified atom stereocenters. The van der Waals surface area contributed by atoms with Gasteiger partial charge < -0.3 is 10.6 Å². The Hall–Kier alpha value is -3.15. The minimum atomic E-state index is -0.619. The van der Waals surface area contributed by atoms with Crippen LogP contribution < -0.4 is 10.6 Å². The third kappa shape index (κ3) is 3.78. The molecular formula is C18H17FN4O. The number of hydrogen-bond donors (Lipinski definition) is 2. The summed E-state index contributed by atoms with van der Waals surface area (Å²) in [4.78, 5) is 12.7. The third-order valence-corrected chi connectivity index (χ3v) is 3.51. The number of anilines is 2. The lowest BCUT2D eigenvalue weighted by atomic mass is 10.1. The monoisotopic (exact) mass is 324 g/mol.